The molecule has 0 aliphatic heterocycles. The predicted octanol–water partition coefficient (Wildman–Crippen LogP) is 4.03. The molecule has 0 saturated heterocycles. The first kappa shape index (κ1) is 18.3. The molecule has 0 bridgehead atoms. The summed E-state index contributed by atoms with van der Waals surface area (Å²) < 4.78 is 61.6. The normalized spacial score (nSPS) is 13.9. The van der Waals surface area contributed by atoms with Crippen LogP contribution in [0.2, 0.25) is 0 Å². The van der Waals surface area contributed by atoms with Gasteiger partial charge in [-0.15, -0.1) is 0 Å². The SMILES string of the molecule is N#Cc1cc[n+](Cc2ccccc2)cc1.[F][Sb-]([F])([F])([F])([F])[F]. The van der Waals surface area contributed by atoms with E-state index in [1.165, 1.54) is 5.56 Å². The van der Waals surface area contributed by atoms with Gasteiger partial charge < -0.3 is 0 Å². The zero-order valence-corrected chi connectivity index (χ0v) is 13.6. The van der Waals surface area contributed by atoms with Crippen LogP contribution in [0.1, 0.15) is 11.1 Å². The minimum atomic E-state index is -11.2. The van der Waals surface area contributed by atoms with Crippen LogP contribution < -0.4 is 4.57 Å². The number of nitriles is 1. The van der Waals surface area contributed by atoms with E-state index in [1.807, 2.05) is 42.7 Å². The monoisotopic (exact) mass is 430 g/mol. The van der Waals surface area contributed by atoms with Crippen LogP contribution in [0.25, 0.3) is 0 Å². The molecule has 2 nitrogen and oxygen atoms in total. The summed E-state index contributed by atoms with van der Waals surface area (Å²) in [6.07, 6.45) is 3.84. The second kappa shape index (κ2) is 5.80. The zero-order valence-electron chi connectivity index (χ0n) is 11.0. The summed E-state index contributed by atoms with van der Waals surface area (Å²) in [4.78, 5) is 0. The van der Waals surface area contributed by atoms with Crippen LogP contribution in [0.3, 0.4) is 0 Å². The van der Waals surface area contributed by atoms with E-state index in [1.54, 1.807) is 0 Å². The fraction of sp³-hybridized carbons (Fsp3) is 0.0769. The molecule has 0 aliphatic carbocycles. The quantitative estimate of drug-likeness (QED) is 0.401. The number of nitrogens with zero attached hydrogens (tertiary/aromatic N) is 2. The molecule has 1 aromatic carbocycles. The zero-order chi connectivity index (χ0) is 16.9. The maximum atomic E-state index is 9.93. The summed E-state index contributed by atoms with van der Waals surface area (Å²) in [6.45, 7) is 0.840. The molecule has 0 unspecified atom stereocenters. The second-order valence-electron chi connectivity index (χ2n) is 4.31. The molecule has 9 heteroatoms. The molecule has 1 heterocycles. The van der Waals surface area contributed by atoms with Gasteiger partial charge in [-0.25, -0.2) is 4.57 Å². The fourth-order valence-corrected chi connectivity index (χ4v) is 1.43. The van der Waals surface area contributed by atoms with E-state index in [4.69, 9.17) is 5.26 Å². The van der Waals surface area contributed by atoms with Gasteiger partial charge in [-0.1, -0.05) is 30.3 Å². The third-order valence-electron chi connectivity index (χ3n) is 2.23. The summed E-state index contributed by atoms with van der Waals surface area (Å²) in [5, 5.41) is 8.66. The molecule has 0 aliphatic rings. The molecule has 22 heavy (non-hydrogen) atoms. The summed E-state index contributed by atoms with van der Waals surface area (Å²) in [5.41, 5.74) is 1.95. The molecule has 0 spiro atoms. The first-order valence-electron chi connectivity index (χ1n) is 5.83. The van der Waals surface area contributed by atoms with E-state index in [0.29, 0.717) is 5.56 Å². The molecule has 2 rings (SSSR count). The number of halogens is 6. The number of hydrogen-bond donors (Lipinski definition) is 0. The molecule has 120 valence electrons. The Balaban J connectivity index is 0.000000295. The van der Waals surface area contributed by atoms with Crippen molar-refractivity contribution in [3.63, 3.8) is 0 Å². The Hall–Kier alpha value is -1.74. The number of aromatic nitrogens is 1. The van der Waals surface area contributed by atoms with Crippen LogP contribution in [0, 0.1) is 11.3 Å². The third-order valence-corrected chi connectivity index (χ3v) is 2.23. The van der Waals surface area contributed by atoms with Crippen LogP contribution in [-0.4, -0.2) is 19.5 Å². The van der Waals surface area contributed by atoms with Gasteiger partial charge in [-0.05, 0) is 0 Å². The van der Waals surface area contributed by atoms with Crippen molar-refractivity contribution in [2.24, 2.45) is 0 Å². The van der Waals surface area contributed by atoms with E-state index < -0.39 is 19.5 Å². The van der Waals surface area contributed by atoms with Gasteiger partial charge in [0.1, 0.15) is 0 Å². The second-order valence-corrected chi connectivity index (χ2v) is 9.79. The van der Waals surface area contributed by atoms with E-state index >= 15 is 0 Å². The van der Waals surface area contributed by atoms with E-state index in [0.717, 1.165) is 6.54 Å². The number of rotatable bonds is 2. The van der Waals surface area contributed by atoms with E-state index in [-0.39, 0.29) is 0 Å². The minimum absolute atomic E-state index is 0.694. The summed E-state index contributed by atoms with van der Waals surface area (Å²) in [6, 6.07) is 16.0. The molecule has 0 radical (unpaired) electrons. The van der Waals surface area contributed by atoms with Crippen molar-refractivity contribution in [3.8, 4) is 6.07 Å². The summed E-state index contributed by atoms with van der Waals surface area (Å²) in [5.74, 6) is 0. The topological polar surface area (TPSA) is 27.7 Å². The Bertz CT molecular complexity index is 648. The van der Waals surface area contributed by atoms with E-state index in [2.05, 4.69) is 22.8 Å². The standard InChI is InChI=1S/C13H11N2.6FH.Sb/c14-10-12-6-8-15(9-7-12)11-13-4-2-1-3-5-13;;;;;;;/h1-9H,11H2;6*1H;/q+1;;;;;;;+5/p-6. The van der Waals surface area contributed by atoms with Gasteiger partial charge in [-0.3, -0.25) is 0 Å². The van der Waals surface area contributed by atoms with Crippen LogP contribution >= 0.6 is 0 Å². The van der Waals surface area contributed by atoms with Gasteiger partial charge in [0.05, 0.1) is 11.6 Å². The van der Waals surface area contributed by atoms with Crippen LogP contribution in [-0.2, 0) is 6.54 Å². The van der Waals surface area contributed by atoms with Crippen molar-refractivity contribution in [2.45, 2.75) is 6.54 Å². The first-order valence-corrected chi connectivity index (χ1v) is 11.6. The van der Waals surface area contributed by atoms with Gasteiger partial charge >= 0.3 is 36.4 Å². The van der Waals surface area contributed by atoms with Crippen molar-refractivity contribution in [1.82, 2.24) is 0 Å². The number of benzene rings is 1. The summed E-state index contributed by atoms with van der Waals surface area (Å²) in [7, 11) is 0. The molecule has 0 amide bonds. The van der Waals surface area contributed by atoms with Gasteiger partial charge in [0.2, 0.25) is 0 Å². The van der Waals surface area contributed by atoms with E-state index in [9.17, 15) is 16.9 Å². The van der Waals surface area contributed by atoms with Crippen molar-refractivity contribution < 1.29 is 21.4 Å². The van der Waals surface area contributed by atoms with Crippen molar-refractivity contribution >= 4 is 19.5 Å². The molecule has 0 fully saturated rings. The maximum absolute atomic E-state index is 11.2. The number of pyridine rings is 1. The molecule has 2 aromatic rings. The molecule has 0 atom stereocenters. The Morgan fingerprint density at radius 3 is 1.73 bits per heavy atom. The first-order chi connectivity index (χ1) is 9.83. The van der Waals surface area contributed by atoms with Gasteiger partial charge in [-0.2, -0.15) is 5.26 Å². The third kappa shape index (κ3) is 11.0. The van der Waals surface area contributed by atoms with Crippen molar-refractivity contribution in [2.75, 3.05) is 0 Å². The van der Waals surface area contributed by atoms with Crippen LogP contribution in [0.4, 0.5) is 16.9 Å². The number of hydrogen-bond acceptors (Lipinski definition) is 1. The average molecular weight is 431 g/mol. The Kier molecular flexibility index (Phi) is 4.83. The Morgan fingerprint density at radius 1 is 0.864 bits per heavy atom. The molecular weight excluding hydrogens is 420 g/mol. The van der Waals surface area contributed by atoms with Crippen molar-refractivity contribution in [1.29, 1.82) is 5.26 Å². The summed E-state index contributed by atoms with van der Waals surface area (Å²) >= 11 is -11.2. The molecular formula is C13H11F6N2Sb. The Morgan fingerprint density at radius 2 is 1.32 bits per heavy atom. The van der Waals surface area contributed by atoms with Crippen LogP contribution in [0.15, 0.2) is 54.9 Å². The molecule has 1 aromatic heterocycles. The van der Waals surface area contributed by atoms with Gasteiger partial charge in [0, 0.05) is 17.7 Å². The average Bonchev–Trinajstić information content (AvgIpc) is 2.37. The van der Waals surface area contributed by atoms with Crippen LogP contribution in [0.5, 0.6) is 0 Å². The van der Waals surface area contributed by atoms with Gasteiger partial charge in [0.15, 0.2) is 18.9 Å². The predicted molar refractivity (Wildman–Crippen MR) is 69.3 cm³/mol. The molecule has 0 N–H and O–H groups in total. The Labute approximate surface area is 125 Å². The van der Waals surface area contributed by atoms with Crippen molar-refractivity contribution in [3.05, 3.63) is 66.0 Å². The fourth-order valence-electron chi connectivity index (χ4n) is 1.43. The van der Waals surface area contributed by atoms with Gasteiger partial charge in [0.25, 0.3) is 0 Å². The molecule has 0 saturated carbocycles.